The fourth-order valence-corrected chi connectivity index (χ4v) is 7.49. The first-order chi connectivity index (χ1) is 22.4. The highest BCUT2D eigenvalue weighted by atomic mass is 35.5. The van der Waals surface area contributed by atoms with Crippen LogP contribution >= 0.6 is 23.2 Å². The second-order valence-electron chi connectivity index (χ2n) is 12.2. The summed E-state index contributed by atoms with van der Waals surface area (Å²) in [6.07, 6.45) is 3.98. The molecule has 2 atom stereocenters. The number of halogens is 2. The standard InChI is InChI=1S/C37H32Cl2N6O/c38-25-14-12-23(13-15-25)35-28-17-26(39)18-30-31(28)32(36-33(41-21-45(35)36)22-7-2-1-3-8-22)34(42-30)37(46)43-29-11-5-4-9-24(29)19-44-16-6-10-27(40)20-44/h1-5,7-9,11-15,17-18,21,27,35,42H,6,10,16,19-20,40H2,(H,43,46)/t27?,35-/m1/s1. The number of likely N-dealkylation sites (tertiary alicyclic amines) is 1. The number of carbonyl (C=O) groups is 1. The van der Waals surface area contributed by atoms with Crippen molar-refractivity contribution >= 4 is 45.7 Å². The van der Waals surface area contributed by atoms with E-state index < -0.39 is 0 Å². The summed E-state index contributed by atoms with van der Waals surface area (Å²) in [5.74, 6) is -0.229. The summed E-state index contributed by atoms with van der Waals surface area (Å²) >= 11 is 13.0. The summed E-state index contributed by atoms with van der Waals surface area (Å²) < 4.78 is 2.15. The summed E-state index contributed by atoms with van der Waals surface area (Å²) in [5.41, 5.74) is 14.8. The normalized spacial score (nSPS) is 17.6. The fraction of sp³-hybridized carbons (Fsp3) is 0.189. The molecule has 0 aliphatic carbocycles. The molecule has 4 N–H and O–H groups in total. The van der Waals surface area contributed by atoms with Crippen LogP contribution in [-0.4, -0.2) is 44.5 Å². The topological polar surface area (TPSA) is 92.0 Å². The summed E-state index contributed by atoms with van der Waals surface area (Å²) in [6, 6.07) is 29.8. The van der Waals surface area contributed by atoms with Gasteiger partial charge >= 0.3 is 0 Å². The third kappa shape index (κ3) is 5.10. The molecule has 7 nitrogen and oxygen atoms in total. The number of imidazole rings is 1. The van der Waals surface area contributed by atoms with E-state index in [1.54, 1.807) is 0 Å². The van der Waals surface area contributed by atoms with E-state index in [1.807, 2.05) is 91.3 Å². The van der Waals surface area contributed by atoms with Gasteiger partial charge in [0.25, 0.3) is 5.91 Å². The first-order valence-corrected chi connectivity index (χ1v) is 16.3. The molecule has 0 spiro atoms. The number of hydrogen-bond acceptors (Lipinski definition) is 4. The minimum atomic E-state index is -0.229. The van der Waals surface area contributed by atoms with Gasteiger partial charge in [0.05, 0.1) is 23.8 Å². The highest BCUT2D eigenvalue weighted by molar-refractivity contribution is 6.32. The minimum Gasteiger partial charge on any atom is -0.350 e. The lowest BCUT2D eigenvalue weighted by atomic mass is 9.88. The zero-order valence-corrected chi connectivity index (χ0v) is 26.5. The van der Waals surface area contributed by atoms with Crippen molar-refractivity contribution in [3.05, 3.63) is 130 Å². The van der Waals surface area contributed by atoms with Crippen LogP contribution < -0.4 is 11.1 Å². The molecule has 1 fully saturated rings. The smallest absolute Gasteiger partial charge is 0.272 e. The Morgan fingerprint density at radius 3 is 2.57 bits per heavy atom. The van der Waals surface area contributed by atoms with Gasteiger partial charge in [0, 0.05) is 56.9 Å². The fourth-order valence-electron chi connectivity index (χ4n) is 7.14. The zero-order chi connectivity index (χ0) is 31.4. The molecule has 1 amide bonds. The summed E-state index contributed by atoms with van der Waals surface area (Å²) in [7, 11) is 0. The van der Waals surface area contributed by atoms with E-state index in [-0.39, 0.29) is 18.0 Å². The molecule has 230 valence electrons. The van der Waals surface area contributed by atoms with Crippen LogP contribution in [0.5, 0.6) is 0 Å². The van der Waals surface area contributed by atoms with Gasteiger partial charge in [0.2, 0.25) is 0 Å². The molecule has 4 heterocycles. The van der Waals surface area contributed by atoms with Gasteiger partial charge in [-0.3, -0.25) is 9.69 Å². The number of nitrogens with one attached hydrogen (secondary N) is 2. The number of piperidine rings is 1. The lowest BCUT2D eigenvalue weighted by Crippen LogP contribution is -2.42. The number of nitrogens with zero attached hydrogens (tertiary/aromatic N) is 3. The van der Waals surface area contributed by atoms with E-state index in [4.69, 9.17) is 33.9 Å². The third-order valence-electron chi connectivity index (χ3n) is 9.16. The lowest BCUT2D eigenvalue weighted by molar-refractivity contribution is 0.102. The van der Waals surface area contributed by atoms with Crippen molar-refractivity contribution in [1.82, 2.24) is 19.4 Å². The van der Waals surface area contributed by atoms with Crippen LogP contribution in [0.25, 0.3) is 33.4 Å². The number of H-pyrrole nitrogens is 1. The van der Waals surface area contributed by atoms with Crippen LogP contribution in [0.1, 0.15) is 46.1 Å². The van der Waals surface area contributed by atoms with Crippen molar-refractivity contribution in [3.8, 4) is 22.5 Å². The number of amides is 1. The van der Waals surface area contributed by atoms with Gasteiger partial charge in [-0.05, 0) is 66.4 Å². The van der Waals surface area contributed by atoms with Crippen LogP contribution in [-0.2, 0) is 6.54 Å². The van der Waals surface area contributed by atoms with Gasteiger partial charge < -0.3 is 20.6 Å². The molecule has 1 saturated heterocycles. The Morgan fingerprint density at radius 1 is 0.978 bits per heavy atom. The second kappa shape index (κ2) is 11.8. The van der Waals surface area contributed by atoms with Crippen LogP contribution in [0.2, 0.25) is 10.0 Å². The Balaban J connectivity index is 1.28. The Morgan fingerprint density at radius 2 is 1.76 bits per heavy atom. The van der Waals surface area contributed by atoms with E-state index in [2.05, 4.69) is 25.8 Å². The zero-order valence-electron chi connectivity index (χ0n) is 25.0. The van der Waals surface area contributed by atoms with E-state index in [0.29, 0.717) is 15.7 Å². The molecule has 9 heteroatoms. The molecule has 2 aliphatic heterocycles. The molecule has 46 heavy (non-hydrogen) atoms. The molecule has 0 saturated carbocycles. The van der Waals surface area contributed by atoms with E-state index in [9.17, 15) is 4.79 Å². The predicted octanol–water partition coefficient (Wildman–Crippen LogP) is 8.13. The number of fused-ring (bicyclic) bond motifs is 2. The van der Waals surface area contributed by atoms with Gasteiger partial charge in [-0.1, -0.05) is 83.9 Å². The Kier molecular flexibility index (Phi) is 7.42. The molecule has 0 bridgehead atoms. The van der Waals surface area contributed by atoms with Crippen molar-refractivity contribution in [1.29, 1.82) is 0 Å². The van der Waals surface area contributed by atoms with Crippen molar-refractivity contribution in [2.75, 3.05) is 18.4 Å². The molecular weight excluding hydrogens is 615 g/mol. The van der Waals surface area contributed by atoms with E-state index >= 15 is 0 Å². The first-order valence-electron chi connectivity index (χ1n) is 15.5. The van der Waals surface area contributed by atoms with Crippen molar-refractivity contribution in [2.45, 2.75) is 31.5 Å². The van der Waals surface area contributed by atoms with Gasteiger partial charge in [0.1, 0.15) is 5.69 Å². The van der Waals surface area contributed by atoms with Gasteiger partial charge in [-0.2, -0.15) is 0 Å². The van der Waals surface area contributed by atoms with Crippen LogP contribution in [0, 0.1) is 0 Å². The number of rotatable bonds is 6. The molecule has 4 aromatic carbocycles. The summed E-state index contributed by atoms with van der Waals surface area (Å²) in [5, 5.41) is 5.45. The van der Waals surface area contributed by atoms with E-state index in [1.165, 1.54) is 0 Å². The largest absolute Gasteiger partial charge is 0.350 e. The number of anilines is 1. The van der Waals surface area contributed by atoms with Gasteiger partial charge in [0.15, 0.2) is 0 Å². The summed E-state index contributed by atoms with van der Waals surface area (Å²) in [6.45, 7) is 2.56. The van der Waals surface area contributed by atoms with Gasteiger partial charge in [-0.25, -0.2) is 4.98 Å². The lowest BCUT2D eigenvalue weighted by Gasteiger charge is -2.31. The number of carbonyl (C=O) groups excluding carboxylic acids is 1. The maximum atomic E-state index is 14.4. The Labute approximate surface area is 277 Å². The first kappa shape index (κ1) is 29.0. The highest BCUT2D eigenvalue weighted by Crippen LogP contribution is 2.49. The highest BCUT2D eigenvalue weighted by Gasteiger charge is 2.36. The Hall–Kier alpha value is -4.40. The number of nitrogens with two attached hydrogens (primary N) is 1. The molecule has 2 aliphatic rings. The molecule has 6 aromatic rings. The molecule has 8 rings (SSSR count). The average Bonchev–Trinajstić information content (AvgIpc) is 3.66. The number of aromatic nitrogens is 3. The maximum Gasteiger partial charge on any atom is 0.272 e. The number of benzene rings is 4. The van der Waals surface area contributed by atoms with Crippen LogP contribution in [0.4, 0.5) is 5.69 Å². The van der Waals surface area contributed by atoms with Crippen molar-refractivity contribution < 1.29 is 4.79 Å². The Bertz CT molecular complexity index is 2090. The average molecular weight is 648 g/mol. The summed E-state index contributed by atoms with van der Waals surface area (Å²) in [4.78, 5) is 25.2. The molecule has 1 unspecified atom stereocenters. The number of hydrogen-bond donors (Lipinski definition) is 3. The third-order valence-corrected chi connectivity index (χ3v) is 9.63. The minimum absolute atomic E-state index is 0.177. The molecule has 2 aromatic heterocycles. The second-order valence-corrected chi connectivity index (χ2v) is 13.1. The molecule has 0 radical (unpaired) electrons. The van der Waals surface area contributed by atoms with Gasteiger partial charge in [-0.15, -0.1) is 0 Å². The number of aromatic amines is 1. The number of para-hydroxylation sites is 1. The van der Waals surface area contributed by atoms with Crippen molar-refractivity contribution in [2.24, 2.45) is 5.73 Å². The quantitative estimate of drug-likeness (QED) is 0.170. The SMILES string of the molecule is NC1CCCN(Cc2ccccc2NC(=O)c2[nH]c3cc(Cl)cc4c3c2-c2c(-c3ccccc3)ncn2[C@@H]4c2ccc(Cl)cc2)C1. The van der Waals surface area contributed by atoms with Crippen LogP contribution in [0.3, 0.4) is 0 Å². The maximum absolute atomic E-state index is 14.4. The molecular formula is C37H32Cl2N6O. The van der Waals surface area contributed by atoms with E-state index in [0.717, 1.165) is 88.3 Å². The predicted molar refractivity (Wildman–Crippen MR) is 186 cm³/mol. The monoisotopic (exact) mass is 646 g/mol. The van der Waals surface area contributed by atoms with Crippen LogP contribution in [0.15, 0.2) is 97.3 Å². The van der Waals surface area contributed by atoms with Crippen molar-refractivity contribution in [3.63, 3.8) is 0 Å².